The summed E-state index contributed by atoms with van der Waals surface area (Å²) in [4.78, 5) is 7.90. The molecule has 3 N–H and O–H groups in total. The summed E-state index contributed by atoms with van der Waals surface area (Å²) >= 11 is 0. The first-order chi connectivity index (χ1) is 8.61. The lowest BCUT2D eigenvalue weighted by molar-refractivity contribution is 0.510. The fourth-order valence-corrected chi connectivity index (χ4v) is 1.66. The molecule has 1 aromatic carbocycles. The van der Waals surface area contributed by atoms with Crippen LogP contribution in [0.1, 0.15) is 19.8 Å². The lowest BCUT2D eigenvalue weighted by atomic mass is 10.2. The predicted molar refractivity (Wildman–Crippen MR) is 67.3 cm³/mol. The summed E-state index contributed by atoms with van der Waals surface area (Å²) in [6.07, 6.45) is 1.98. The van der Waals surface area contributed by atoms with E-state index in [1.54, 1.807) is 0 Å². The van der Waals surface area contributed by atoms with Gasteiger partial charge in [0.25, 0.3) is 0 Å². The molecule has 0 saturated heterocycles. The van der Waals surface area contributed by atoms with E-state index in [4.69, 9.17) is 5.73 Å². The molecule has 0 aliphatic heterocycles. The largest absolute Gasteiger partial charge is 0.369 e. The Morgan fingerprint density at radius 2 is 1.94 bits per heavy atom. The van der Waals surface area contributed by atoms with Crippen LogP contribution >= 0.6 is 0 Å². The van der Waals surface area contributed by atoms with Gasteiger partial charge in [0.15, 0.2) is 11.6 Å². The Kier molecular flexibility index (Phi) is 3.55. The van der Waals surface area contributed by atoms with Crippen LogP contribution in [0.4, 0.5) is 20.5 Å². The number of nitrogens with one attached hydrogen (secondary N) is 1. The number of fused-ring (bicyclic) bond motifs is 1. The van der Waals surface area contributed by atoms with E-state index in [2.05, 4.69) is 22.2 Å². The van der Waals surface area contributed by atoms with Gasteiger partial charge in [-0.25, -0.2) is 13.8 Å². The quantitative estimate of drug-likeness (QED) is 0.821. The second kappa shape index (κ2) is 5.12. The number of anilines is 2. The minimum atomic E-state index is -0.944. The van der Waals surface area contributed by atoms with Crippen molar-refractivity contribution < 1.29 is 8.78 Å². The third-order valence-electron chi connectivity index (χ3n) is 2.58. The summed E-state index contributed by atoms with van der Waals surface area (Å²) in [6, 6.07) is 2.10. The van der Waals surface area contributed by atoms with Crippen LogP contribution in [-0.4, -0.2) is 16.5 Å². The number of nitrogens with zero attached hydrogens (tertiary/aromatic N) is 2. The zero-order chi connectivity index (χ0) is 13.1. The lowest BCUT2D eigenvalue weighted by Gasteiger charge is -2.09. The van der Waals surface area contributed by atoms with Gasteiger partial charge >= 0.3 is 0 Å². The van der Waals surface area contributed by atoms with Crippen LogP contribution in [0, 0.1) is 11.6 Å². The van der Waals surface area contributed by atoms with Crippen LogP contribution in [0.2, 0.25) is 0 Å². The maximum atomic E-state index is 13.2. The van der Waals surface area contributed by atoms with Gasteiger partial charge in [0.2, 0.25) is 5.95 Å². The molecule has 0 fully saturated rings. The van der Waals surface area contributed by atoms with Gasteiger partial charge in [-0.1, -0.05) is 13.3 Å². The van der Waals surface area contributed by atoms with Gasteiger partial charge in [0, 0.05) is 18.0 Å². The third kappa shape index (κ3) is 2.47. The van der Waals surface area contributed by atoms with E-state index in [9.17, 15) is 8.78 Å². The fourth-order valence-electron chi connectivity index (χ4n) is 1.66. The Balaban J connectivity index is 2.47. The van der Waals surface area contributed by atoms with Gasteiger partial charge < -0.3 is 11.1 Å². The smallest absolute Gasteiger partial charge is 0.222 e. The van der Waals surface area contributed by atoms with E-state index in [0.717, 1.165) is 25.0 Å². The van der Waals surface area contributed by atoms with Crippen molar-refractivity contribution in [3.8, 4) is 0 Å². The molecule has 1 aromatic heterocycles. The van der Waals surface area contributed by atoms with Crippen LogP contribution in [0.5, 0.6) is 0 Å². The van der Waals surface area contributed by atoms with E-state index >= 15 is 0 Å². The summed E-state index contributed by atoms with van der Waals surface area (Å²) in [5.41, 5.74) is 5.83. The molecule has 96 valence electrons. The topological polar surface area (TPSA) is 63.8 Å². The third-order valence-corrected chi connectivity index (χ3v) is 2.58. The number of unbranched alkanes of at least 4 members (excludes halogenated alkanes) is 1. The van der Waals surface area contributed by atoms with Crippen molar-refractivity contribution in [1.82, 2.24) is 9.97 Å². The van der Waals surface area contributed by atoms with Gasteiger partial charge in [-0.2, -0.15) is 4.98 Å². The van der Waals surface area contributed by atoms with Crippen LogP contribution in [0.3, 0.4) is 0 Å². The molecule has 4 nitrogen and oxygen atoms in total. The molecule has 18 heavy (non-hydrogen) atoms. The molecule has 0 aliphatic rings. The van der Waals surface area contributed by atoms with E-state index in [1.807, 2.05) is 0 Å². The van der Waals surface area contributed by atoms with Crippen LogP contribution < -0.4 is 11.1 Å². The van der Waals surface area contributed by atoms with Crippen molar-refractivity contribution in [2.75, 3.05) is 17.6 Å². The highest BCUT2D eigenvalue weighted by Crippen LogP contribution is 2.23. The van der Waals surface area contributed by atoms with Crippen LogP contribution in [-0.2, 0) is 0 Å². The Morgan fingerprint density at radius 1 is 1.22 bits per heavy atom. The summed E-state index contributed by atoms with van der Waals surface area (Å²) < 4.78 is 26.4. The average Bonchev–Trinajstić information content (AvgIpc) is 2.32. The molecule has 0 amide bonds. The number of aromatic nitrogens is 2. The van der Waals surface area contributed by atoms with E-state index in [-0.39, 0.29) is 5.95 Å². The fraction of sp³-hybridized carbons (Fsp3) is 0.333. The van der Waals surface area contributed by atoms with Gasteiger partial charge in [0.1, 0.15) is 5.82 Å². The number of nitrogen functional groups attached to an aromatic ring is 1. The number of hydrogen-bond acceptors (Lipinski definition) is 4. The predicted octanol–water partition coefficient (Wildman–Crippen LogP) is 2.70. The minimum Gasteiger partial charge on any atom is -0.369 e. The summed E-state index contributed by atoms with van der Waals surface area (Å²) in [5.74, 6) is -1.40. The average molecular weight is 252 g/mol. The molecule has 0 aliphatic carbocycles. The summed E-state index contributed by atoms with van der Waals surface area (Å²) in [7, 11) is 0. The van der Waals surface area contributed by atoms with Crippen molar-refractivity contribution in [2.24, 2.45) is 0 Å². The van der Waals surface area contributed by atoms with Gasteiger partial charge in [-0.05, 0) is 12.5 Å². The van der Waals surface area contributed by atoms with E-state index < -0.39 is 11.6 Å². The van der Waals surface area contributed by atoms with Crippen molar-refractivity contribution >= 4 is 22.7 Å². The normalized spacial score (nSPS) is 10.8. The molecule has 0 saturated carbocycles. The standard InChI is InChI=1S/C12H14F2N4/c1-2-3-4-16-11-7-5-8(13)9(14)6-10(7)17-12(15)18-11/h5-6H,2-4H2,1H3,(H3,15,16,17,18). The Morgan fingerprint density at radius 3 is 2.67 bits per heavy atom. The monoisotopic (exact) mass is 252 g/mol. The highest BCUT2D eigenvalue weighted by atomic mass is 19.2. The number of hydrogen-bond donors (Lipinski definition) is 2. The van der Waals surface area contributed by atoms with Crippen molar-refractivity contribution in [1.29, 1.82) is 0 Å². The van der Waals surface area contributed by atoms with E-state index in [1.165, 1.54) is 0 Å². The molecule has 0 unspecified atom stereocenters. The van der Waals surface area contributed by atoms with Gasteiger partial charge in [-0.3, -0.25) is 0 Å². The highest BCUT2D eigenvalue weighted by molar-refractivity contribution is 5.90. The second-order valence-electron chi connectivity index (χ2n) is 3.99. The number of rotatable bonds is 4. The number of benzene rings is 1. The summed E-state index contributed by atoms with van der Waals surface area (Å²) in [5, 5.41) is 3.49. The number of nitrogens with two attached hydrogens (primary N) is 1. The molecule has 2 rings (SSSR count). The molecule has 0 radical (unpaired) electrons. The first-order valence-corrected chi connectivity index (χ1v) is 5.78. The molecular formula is C12H14F2N4. The maximum Gasteiger partial charge on any atom is 0.222 e. The van der Waals surface area contributed by atoms with Crippen molar-refractivity contribution in [2.45, 2.75) is 19.8 Å². The number of halogens is 2. The highest BCUT2D eigenvalue weighted by Gasteiger charge is 2.10. The SMILES string of the molecule is CCCCNc1nc(N)nc2cc(F)c(F)cc12. The molecule has 6 heteroatoms. The molecule has 0 spiro atoms. The Hall–Kier alpha value is -1.98. The molecular weight excluding hydrogens is 238 g/mol. The first kappa shape index (κ1) is 12.5. The van der Waals surface area contributed by atoms with Crippen molar-refractivity contribution in [3.63, 3.8) is 0 Å². The van der Waals surface area contributed by atoms with E-state index in [0.29, 0.717) is 23.3 Å². The lowest BCUT2D eigenvalue weighted by Crippen LogP contribution is -2.07. The molecule has 0 atom stereocenters. The Labute approximate surface area is 103 Å². The zero-order valence-corrected chi connectivity index (χ0v) is 10.0. The van der Waals surface area contributed by atoms with Gasteiger partial charge in [0.05, 0.1) is 5.52 Å². The molecule has 2 aromatic rings. The van der Waals surface area contributed by atoms with Crippen molar-refractivity contribution in [3.05, 3.63) is 23.8 Å². The second-order valence-corrected chi connectivity index (χ2v) is 3.99. The van der Waals surface area contributed by atoms with Crippen LogP contribution in [0.25, 0.3) is 10.9 Å². The Bertz CT molecular complexity index is 571. The summed E-state index contributed by atoms with van der Waals surface area (Å²) in [6.45, 7) is 2.75. The molecule has 1 heterocycles. The first-order valence-electron chi connectivity index (χ1n) is 5.78. The minimum absolute atomic E-state index is 0.0347. The molecule has 0 bridgehead atoms. The van der Waals surface area contributed by atoms with Crippen LogP contribution in [0.15, 0.2) is 12.1 Å². The maximum absolute atomic E-state index is 13.2. The zero-order valence-electron chi connectivity index (χ0n) is 10.0. The van der Waals surface area contributed by atoms with Gasteiger partial charge in [-0.15, -0.1) is 0 Å².